The molecule has 0 saturated carbocycles. The summed E-state index contributed by atoms with van der Waals surface area (Å²) in [5, 5.41) is 9.16. The monoisotopic (exact) mass is 856 g/mol. The van der Waals surface area contributed by atoms with Crippen LogP contribution in [0.5, 0.6) is 0 Å². The summed E-state index contributed by atoms with van der Waals surface area (Å²) in [7, 11) is 0. The molecule has 14 rings (SSSR count). The van der Waals surface area contributed by atoms with E-state index < -0.39 is 0 Å². The molecule has 0 amide bonds. The molecule has 2 aliphatic rings. The Morgan fingerprint density at radius 1 is 0.439 bits per heavy atom. The fourth-order valence-electron chi connectivity index (χ4n) is 11.6. The highest BCUT2D eigenvalue weighted by atomic mass is 16.3. The highest BCUT2D eigenvalue weighted by molar-refractivity contribution is 6.94. The average molecular weight is 857 g/mol. The van der Waals surface area contributed by atoms with E-state index in [4.69, 9.17) is 13.3 Å². The molecule has 6 heterocycles. The van der Waals surface area contributed by atoms with E-state index in [9.17, 15) is 0 Å². The van der Waals surface area contributed by atoms with Gasteiger partial charge in [-0.15, -0.1) is 0 Å². The molecular formula is C60H49BN2O3. The Kier molecular flexibility index (Phi) is 7.15. The van der Waals surface area contributed by atoms with Crippen molar-refractivity contribution in [2.75, 3.05) is 4.81 Å². The maximum atomic E-state index is 7.29. The number of para-hydroxylation sites is 2. The molecule has 0 radical (unpaired) electrons. The number of hydrogen-bond acceptors (Lipinski definition) is 4. The van der Waals surface area contributed by atoms with E-state index in [1.165, 1.54) is 49.4 Å². The number of nitrogens with zero attached hydrogens (tertiary/aromatic N) is 2. The van der Waals surface area contributed by atoms with Gasteiger partial charge in [-0.2, -0.15) is 0 Å². The number of benzene rings is 8. The van der Waals surface area contributed by atoms with Gasteiger partial charge in [0.1, 0.15) is 33.5 Å². The SMILES string of the molecule is CC(C)(C)c1ccc(N2B3c4cc5c(cc4-n4c6ccc(C(C)(C)C)cc6c6c7c(oc8ccccc87)c(c3c64)-c3cc4oc6cc(C(C)(C)C)ccc6c4cc32)oc2ccccc25)cc1. The van der Waals surface area contributed by atoms with E-state index in [2.05, 4.69) is 205 Å². The summed E-state index contributed by atoms with van der Waals surface area (Å²) in [5.74, 6) is 0. The molecule has 0 unspecified atom stereocenters. The van der Waals surface area contributed by atoms with Crippen LogP contribution in [-0.2, 0) is 16.2 Å². The van der Waals surface area contributed by atoms with Gasteiger partial charge in [0.05, 0.1) is 11.0 Å². The van der Waals surface area contributed by atoms with Crippen LogP contribution < -0.4 is 15.7 Å². The zero-order valence-electron chi connectivity index (χ0n) is 38.9. The number of rotatable bonds is 1. The largest absolute Gasteiger partial charge is 0.456 e. The normalized spacial score (nSPS) is 14.1. The van der Waals surface area contributed by atoms with Crippen LogP contribution in [0.15, 0.2) is 147 Å². The van der Waals surface area contributed by atoms with E-state index in [1.54, 1.807) is 0 Å². The number of furan rings is 3. The van der Waals surface area contributed by atoms with Crippen molar-refractivity contribution in [3.63, 3.8) is 0 Å². The van der Waals surface area contributed by atoms with Gasteiger partial charge in [0.15, 0.2) is 0 Å². The average Bonchev–Trinajstić information content (AvgIpc) is 4.04. The molecule has 2 aliphatic heterocycles. The van der Waals surface area contributed by atoms with Crippen molar-refractivity contribution in [3.8, 4) is 16.8 Å². The van der Waals surface area contributed by atoms with Gasteiger partial charge in [-0.3, -0.25) is 0 Å². The molecule has 8 aromatic carbocycles. The lowest BCUT2D eigenvalue weighted by molar-refractivity contribution is 0.587. The van der Waals surface area contributed by atoms with E-state index in [1.807, 2.05) is 0 Å². The van der Waals surface area contributed by atoms with Crippen LogP contribution in [0, 0.1) is 0 Å². The predicted octanol–water partition coefficient (Wildman–Crippen LogP) is 15.6. The standard InChI is InChI=1S/C60H49BN2O3/c1-58(2,3)32-18-22-35(23-19-32)63-45-29-40-37-24-20-34(60(7,8)9)27-49(37)65-50(40)30-42(45)54-55-56-52(53-38-15-11-13-17-48(38)66-57(53)54)41-26-33(59(4,5)6)21-25-44(41)62(56)46-31-51-39(28-43(46)61(55)63)36-14-10-12-16-47(36)64-51/h10-31H,1-9H3. The number of anilines is 2. The number of fused-ring (bicyclic) bond motifs is 19. The second-order valence-electron chi connectivity index (χ2n) is 22.1. The molecule has 6 heteroatoms. The molecular weight excluding hydrogens is 807 g/mol. The molecule has 0 N–H and O–H groups in total. The first-order chi connectivity index (χ1) is 31.6. The molecule has 320 valence electrons. The smallest absolute Gasteiger partial charge is 0.333 e. The van der Waals surface area contributed by atoms with Crippen molar-refractivity contribution in [1.82, 2.24) is 4.57 Å². The minimum atomic E-state index is -0.233. The molecule has 66 heavy (non-hydrogen) atoms. The van der Waals surface area contributed by atoms with Gasteiger partial charge in [-0.05, 0) is 98.5 Å². The van der Waals surface area contributed by atoms with Gasteiger partial charge >= 0.3 is 6.85 Å². The van der Waals surface area contributed by atoms with Crippen LogP contribution in [0.3, 0.4) is 0 Å². The van der Waals surface area contributed by atoms with Crippen LogP contribution in [0.1, 0.15) is 79.0 Å². The summed E-state index contributed by atoms with van der Waals surface area (Å²) in [6.45, 7) is 20.3. The second kappa shape index (κ2) is 12.4. The van der Waals surface area contributed by atoms with Crippen LogP contribution >= 0.6 is 0 Å². The minimum absolute atomic E-state index is 0.00396. The molecule has 0 saturated heterocycles. The molecule has 12 aromatic rings. The van der Waals surface area contributed by atoms with Crippen molar-refractivity contribution in [2.24, 2.45) is 0 Å². The topological polar surface area (TPSA) is 47.6 Å². The first kappa shape index (κ1) is 38.1. The van der Waals surface area contributed by atoms with Crippen LogP contribution in [0.2, 0.25) is 0 Å². The Bertz CT molecular complexity index is 4120. The lowest BCUT2D eigenvalue weighted by Gasteiger charge is -2.42. The van der Waals surface area contributed by atoms with Crippen LogP contribution in [0.25, 0.3) is 104 Å². The first-order valence-electron chi connectivity index (χ1n) is 23.4. The van der Waals surface area contributed by atoms with E-state index in [0.29, 0.717) is 0 Å². The second-order valence-corrected chi connectivity index (χ2v) is 22.1. The summed E-state index contributed by atoms with van der Waals surface area (Å²) >= 11 is 0. The van der Waals surface area contributed by atoms with Crippen LogP contribution in [-0.4, -0.2) is 11.4 Å². The molecule has 5 nitrogen and oxygen atoms in total. The third kappa shape index (κ3) is 4.97. The molecule has 4 aromatic heterocycles. The summed E-state index contributed by atoms with van der Waals surface area (Å²) in [6.07, 6.45) is 0. The highest BCUT2D eigenvalue weighted by Crippen LogP contribution is 2.53. The first-order valence-corrected chi connectivity index (χ1v) is 23.4. The molecule has 0 bridgehead atoms. The van der Waals surface area contributed by atoms with Crippen LogP contribution in [0.4, 0.5) is 11.4 Å². The van der Waals surface area contributed by atoms with E-state index in [0.717, 1.165) is 94.0 Å². The third-order valence-electron chi connectivity index (χ3n) is 15.0. The lowest BCUT2D eigenvalue weighted by Crippen LogP contribution is -2.60. The molecule has 0 spiro atoms. The van der Waals surface area contributed by atoms with Crippen molar-refractivity contribution in [3.05, 3.63) is 150 Å². The fraction of sp³-hybridized carbons (Fsp3) is 0.200. The molecule has 0 fully saturated rings. The maximum Gasteiger partial charge on any atom is 0.333 e. The van der Waals surface area contributed by atoms with Crippen molar-refractivity contribution in [1.29, 1.82) is 0 Å². The van der Waals surface area contributed by atoms with Crippen molar-refractivity contribution in [2.45, 2.75) is 78.6 Å². The van der Waals surface area contributed by atoms with Gasteiger partial charge in [-0.1, -0.05) is 135 Å². The predicted molar refractivity (Wildman–Crippen MR) is 278 cm³/mol. The fourth-order valence-corrected chi connectivity index (χ4v) is 11.6. The maximum absolute atomic E-state index is 7.29. The van der Waals surface area contributed by atoms with Gasteiger partial charge < -0.3 is 22.6 Å². The zero-order chi connectivity index (χ0) is 44.9. The van der Waals surface area contributed by atoms with Gasteiger partial charge in [0.25, 0.3) is 0 Å². The van der Waals surface area contributed by atoms with E-state index >= 15 is 0 Å². The zero-order valence-corrected chi connectivity index (χ0v) is 38.9. The highest BCUT2D eigenvalue weighted by Gasteiger charge is 2.47. The summed E-state index contributed by atoms with van der Waals surface area (Å²) in [6, 6.07) is 49.7. The summed E-state index contributed by atoms with van der Waals surface area (Å²) in [4.78, 5) is 2.62. The Hall–Kier alpha value is -7.18. The third-order valence-corrected chi connectivity index (χ3v) is 15.0. The summed E-state index contributed by atoms with van der Waals surface area (Å²) < 4.78 is 23.5. The summed E-state index contributed by atoms with van der Waals surface area (Å²) in [5.41, 5.74) is 19.5. The quantitative estimate of drug-likeness (QED) is 0.154. The number of hydrogen-bond donors (Lipinski definition) is 0. The van der Waals surface area contributed by atoms with Crippen molar-refractivity contribution >= 4 is 117 Å². The Balaban J connectivity index is 1.22. The Morgan fingerprint density at radius 3 is 1.77 bits per heavy atom. The number of aromatic nitrogens is 1. The van der Waals surface area contributed by atoms with Gasteiger partial charge in [0, 0.05) is 77.3 Å². The lowest BCUT2D eigenvalue weighted by atomic mass is 9.43. The van der Waals surface area contributed by atoms with Crippen molar-refractivity contribution < 1.29 is 13.3 Å². The molecule has 0 atom stereocenters. The van der Waals surface area contributed by atoms with Gasteiger partial charge in [-0.25, -0.2) is 0 Å². The minimum Gasteiger partial charge on any atom is -0.456 e. The Morgan fingerprint density at radius 2 is 1.03 bits per heavy atom. The molecule has 0 aliphatic carbocycles. The van der Waals surface area contributed by atoms with Gasteiger partial charge in [0.2, 0.25) is 0 Å². The van der Waals surface area contributed by atoms with E-state index in [-0.39, 0.29) is 23.1 Å². The Labute approximate surface area is 383 Å².